The van der Waals surface area contributed by atoms with Crippen LogP contribution in [0, 0.1) is 5.41 Å². The number of ether oxygens (including phenoxy) is 1. The van der Waals surface area contributed by atoms with Crippen molar-refractivity contribution in [1.82, 2.24) is 25.5 Å². The predicted octanol–water partition coefficient (Wildman–Crippen LogP) is 4.17. The maximum atomic E-state index is 13.2. The third kappa shape index (κ3) is 4.72. The lowest BCUT2D eigenvalue weighted by atomic mass is 9.78. The molecule has 3 aromatic heterocycles. The highest BCUT2D eigenvalue weighted by Crippen LogP contribution is 2.44. The van der Waals surface area contributed by atoms with Crippen molar-refractivity contribution in [2.24, 2.45) is 5.41 Å². The molecule has 41 heavy (non-hydrogen) atoms. The van der Waals surface area contributed by atoms with Crippen molar-refractivity contribution in [3.05, 3.63) is 77.8 Å². The van der Waals surface area contributed by atoms with Crippen molar-refractivity contribution in [3.8, 4) is 11.4 Å². The Morgan fingerprint density at radius 1 is 1.15 bits per heavy atom. The highest BCUT2D eigenvalue weighted by Gasteiger charge is 2.50. The molecule has 10 nitrogen and oxygen atoms in total. The Labute approximate surface area is 239 Å². The molecule has 0 atom stereocenters. The SMILES string of the molecule is C=CC(=O)Nc1ccc(CCNC(=O)c2cc3nc(-c4cccc5[nH]ncc45)nc(N4CC5(COC5)C4)c3s2)cc1. The average Bonchev–Trinajstić information content (AvgIpc) is 3.59. The number of aromatic amines is 1. The van der Waals surface area contributed by atoms with Crippen LogP contribution in [0.5, 0.6) is 0 Å². The quantitative estimate of drug-likeness (QED) is 0.241. The Morgan fingerprint density at radius 3 is 2.73 bits per heavy atom. The van der Waals surface area contributed by atoms with E-state index in [9.17, 15) is 9.59 Å². The summed E-state index contributed by atoms with van der Waals surface area (Å²) in [5.74, 6) is 1.08. The average molecular weight is 566 g/mol. The van der Waals surface area contributed by atoms with Gasteiger partial charge in [-0.2, -0.15) is 5.10 Å². The summed E-state index contributed by atoms with van der Waals surface area (Å²) in [6.07, 6.45) is 3.68. The van der Waals surface area contributed by atoms with Crippen molar-refractivity contribution in [1.29, 1.82) is 0 Å². The Balaban J connectivity index is 1.12. The van der Waals surface area contributed by atoms with Crippen LogP contribution in [0.15, 0.2) is 67.4 Å². The molecule has 2 fully saturated rings. The Bertz CT molecular complexity index is 1800. The fraction of sp³-hybridized carbons (Fsp3) is 0.233. The van der Waals surface area contributed by atoms with Crippen LogP contribution in [0.1, 0.15) is 15.2 Å². The normalized spacial score (nSPS) is 15.5. The van der Waals surface area contributed by atoms with E-state index in [1.165, 1.54) is 17.4 Å². The van der Waals surface area contributed by atoms with Gasteiger partial charge in [0.15, 0.2) is 11.6 Å². The summed E-state index contributed by atoms with van der Waals surface area (Å²) in [5, 5.41) is 13.9. The number of H-pyrrole nitrogens is 1. The number of carbonyl (C=O) groups is 2. The topological polar surface area (TPSA) is 125 Å². The standard InChI is InChI=1S/C30H27N7O3S/c1-2-25(38)33-19-8-6-18(7-9-19)10-11-31-29(39)24-12-23-26(41-24)28(37-14-30(15-37)16-40-17-30)35-27(34-23)20-4-3-5-22-21(20)13-32-36-22/h2-9,12-13H,1,10-11,14-17H2,(H,31,39)(H,32,36)(H,33,38). The zero-order valence-electron chi connectivity index (χ0n) is 22.1. The number of amides is 2. The van der Waals surface area contributed by atoms with Crippen LogP contribution in [0.2, 0.25) is 0 Å². The molecule has 3 N–H and O–H groups in total. The molecule has 0 unspecified atom stereocenters. The van der Waals surface area contributed by atoms with E-state index in [2.05, 4.69) is 32.3 Å². The minimum absolute atomic E-state index is 0.139. The first-order chi connectivity index (χ1) is 20.0. The number of aromatic nitrogens is 4. The molecule has 2 aliphatic heterocycles. The molecule has 206 valence electrons. The molecule has 0 aliphatic carbocycles. The fourth-order valence-corrected chi connectivity index (χ4v) is 6.40. The van der Waals surface area contributed by atoms with Crippen LogP contribution >= 0.6 is 11.3 Å². The first-order valence-corrected chi connectivity index (χ1v) is 14.2. The van der Waals surface area contributed by atoms with E-state index in [0.29, 0.717) is 29.4 Å². The molecule has 2 saturated heterocycles. The molecule has 0 bridgehead atoms. The highest BCUT2D eigenvalue weighted by molar-refractivity contribution is 7.21. The largest absolute Gasteiger partial charge is 0.380 e. The summed E-state index contributed by atoms with van der Waals surface area (Å²) < 4.78 is 6.38. The lowest BCUT2D eigenvalue weighted by Gasteiger charge is -2.55. The zero-order chi connectivity index (χ0) is 28.0. The van der Waals surface area contributed by atoms with Crippen LogP contribution in [-0.4, -0.2) is 64.8 Å². The summed E-state index contributed by atoms with van der Waals surface area (Å²) in [7, 11) is 0. The van der Waals surface area contributed by atoms with Gasteiger partial charge in [0.1, 0.15) is 0 Å². The third-order valence-electron chi connectivity index (χ3n) is 7.58. The van der Waals surface area contributed by atoms with Gasteiger partial charge in [0.2, 0.25) is 5.91 Å². The van der Waals surface area contributed by atoms with Crippen LogP contribution in [0.3, 0.4) is 0 Å². The second-order valence-electron chi connectivity index (χ2n) is 10.6. The number of thiophene rings is 1. The molecule has 2 aromatic carbocycles. The van der Waals surface area contributed by atoms with E-state index < -0.39 is 0 Å². The minimum Gasteiger partial charge on any atom is -0.380 e. The number of rotatable bonds is 8. The lowest BCUT2D eigenvalue weighted by molar-refractivity contribution is -0.127. The number of fused-ring (bicyclic) bond motifs is 2. The fourth-order valence-electron chi connectivity index (χ4n) is 5.37. The summed E-state index contributed by atoms with van der Waals surface area (Å²) >= 11 is 1.42. The second-order valence-corrected chi connectivity index (χ2v) is 11.6. The van der Waals surface area contributed by atoms with Gasteiger partial charge in [-0.15, -0.1) is 11.3 Å². The first kappa shape index (κ1) is 25.4. The predicted molar refractivity (Wildman–Crippen MR) is 159 cm³/mol. The number of hydrogen-bond donors (Lipinski definition) is 3. The number of nitrogens with zero attached hydrogens (tertiary/aromatic N) is 4. The van der Waals surface area contributed by atoms with Crippen LogP contribution in [0.25, 0.3) is 32.5 Å². The van der Waals surface area contributed by atoms with Gasteiger partial charge in [0.25, 0.3) is 5.91 Å². The van der Waals surface area contributed by atoms with E-state index in [0.717, 1.165) is 64.4 Å². The van der Waals surface area contributed by atoms with Gasteiger partial charge in [-0.25, -0.2) is 9.97 Å². The number of nitrogens with one attached hydrogen (secondary N) is 3. The van der Waals surface area contributed by atoms with Gasteiger partial charge in [-0.05, 0) is 42.3 Å². The number of benzene rings is 2. The molecule has 1 spiro atoms. The molecular formula is C30H27N7O3S. The van der Waals surface area contributed by atoms with Crippen molar-refractivity contribution >= 4 is 55.8 Å². The van der Waals surface area contributed by atoms with Gasteiger partial charge in [-0.1, -0.05) is 30.8 Å². The molecule has 5 aromatic rings. The van der Waals surface area contributed by atoms with E-state index >= 15 is 0 Å². The minimum atomic E-state index is -0.252. The van der Waals surface area contributed by atoms with Crippen LogP contribution < -0.4 is 15.5 Å². The van der Waals surface area contributed by atoms with Crippen molar-refractivity contribution in [3.63, 3.8) is 0 Å². The van der Waals surface area contributed by atoms with Gasteiger partial charge >= 0.3 is 0 Å². The van der Waals surface area contributed by atoms with E-state index in [1.807, 2.05) is 48.5 Å². The van der Waals surface area contributed by atoms with Gasteiger partial charge in [0.05, 0.1) is 45.4 Å². The van der Waals surface area contributed by atoms with Gasteiger partial charge < -0.3 is 20.3 Å². The van der Waals surface area contributed by atoms with Crippen molar-refractivity contribution < 1.29 is 14.3 Å². The van der Waals surface area contributed by atoms with Crippen LogP contribution in [-0.2, 0) is 16.0 Å². The third-order valence-corrected chi connectivity index (χ3v) is 8.70. The monoisotopic (exact) mass is 565 g/mol. The number of anilines is 2. The summed E-state index contributed by atoms with van der Waals surface area (Å²) in [5.41, 5.74) is 4.54. The molecule has 7 rings (SSSR count). The number of carbonyl (C=O) groups excluding carboxylic acids is 2. The molecule has 5 heterocycles. The summed E-state index contributed by atoms with van der Waals surface area (Å²) in [4.78, 5) is 37.5. The molecule has 11 heteroatoms. The first-order valence-electron chi connectivity index (χ1n) is 13.4. The van der Waals surface area contributed by atoms with Crippen LogP contribution in [0.4, 0.5) is 11.5 Å². The van der Waals surface area contributed by atoms with E-state index in [-0.39, 0.29) is 17.2 Å². The highest BCUT2D eigenvalue weighted by atomic mass is 32.1. The second kappa shape index (κ2) is 10.1. The molecular weight excluding hydrogens is 538 g/mol. The molecule has 2 amide bonds. The molecule has 0 saturated carbocycles. The van der Waals surface area contributed by atoms with Gasteiger partial charge in [0, 0.05) is 36.3 Å². The van der Waals surface area contributed by atoms with Crippen molar-refractivity contribution in [2.75, 3.05) is 43.1 Å². The van der Waals surface area contributed by atoms with E-state index in [1.54, 1.807) is 6.20 Å². The Morgan fingerprint density at radius 2 is 1.98 bits per heavy atom. The molecule has 2 aliphatic rings. The summed E-state index contributed by atoms with van der Waals surface area (Å²) in [6, 6.07) is 15.3. The molecule has 0 radical (unpaired) electrons. The lowest BCUT2D eigenvalue weighted by Crippen LogP contribution is -2.66. The number of hydrogen-bond acceptors (Lipinski definition) is 8. The van der Waals surface area contributed by atoms with Crippen molar-refractivity contribution in [2.45, 2.75) is 6.42 Å². The smallest absolute Gasteiger partial charge is 0.261 e. The van der Waals surface area contributed by atoms with Gasteiger partial charge in [-0.3, -0.25) is 14.7 Å². The zero-order valence-corrected chi connectivity index (χ0v) is 23.0. The maximum Gasteiger partial charge on any atom is 0.261 e. The Kier molecular flexibility index (Phi) is 6.25. The summed E-state index contributed by atoms with van der Waals surface area (Å²) in [6.45, 7) is 7.26. The van der Waals surface area contributed by atoms with E-state index in [4.69, 9.17) is 14.7 Å². The maximum absolute atomic E-state index is 13.2. The Hall–Kier alpha value is -4.61.